The van der Waals surface area contributed by atoms with Crippen LogP contribution < -0.4 is 10.5 Å². The van der Waals surface area contributed by atoms with Gasteiger partial charge in [-0.2, -0.15) is 4.98 Å². The molecule has 0 fully saturated rings. The van der Waals surface area contributed by atoms with Gasteiger partial charge in [-0.05, 0) is 36.2 Å². The molecule has 0 saturated heterocycles. The quantitative estimate of drug-likeness (QED) is 0.879. The van der Waals surface area contributed by atoms with Crippen LogP contribution >= 0.6 is 23.2 Å². The van der Waals surface area contributed by atoms with Gasteiger partial charge in [0.1, 0.15) is 12.3 Å². The second kappa shape index (κ2) is 5.42. The third-order valence-corrected chi connectivity index (χ3v) is 2.78. The molecule has 2 aromatic rings. The van der Waals surface area contributed by atoms with Gasteiger partial charge < -0.3 is 10.5 Å². The normalized spacial score (nSPS) is 10.4. The molecule has 2 rings (SSSR count). The van der Waals surface area contributed by atoms with E-state index in [-0.39, 0.29) is 5.28 Å². The molecular weight excluding hydrogens is 273 g/mol. The number of ether oxygens (including phenoxy) is 1. The number of halogens is 2. The van der Waals surface area contributed by atoms with Gasteiger partial charge in [0.2, 0.25) is 11.2 Å². The summed E-state index contributed by atoms with van der Waals surface area (Å²) in [6.07, 6.45) is 0. The number of anilines is 1. The highest BCUT2D eigenvalue weighted by molar-refractivity contribution is 6.30. The molecule has 0 amide bonds. The van der Waals surface area contributed by atoms with E-state index in [1.807, 2.05) is 12.1 Å². The van der Waals surface area contributed by atoms with Crippen molar-refractivity contribution >= 4 is 28.9 Å². The first-order chi connectivity index (χ1) is 8.56. The van der Waals surface area contributed by atoms with Gasteiger partial charge in [-0.25, -0.2) is 4.98 Å². The summed E-state index contributed by atoms with van der Waals surface area (Å²) >= 11 is 11.5. The van der Waals surface area contributed by atoms with Crippen LogP contribution in [0, 0.1) is 6.92 Å². The number of benzene rings is 1. The molecule has 6 heteroatoms. The lowest BCUT2D eigenvalue weighted by atomic mass is 10.2. The number of aryl methyl sites for hydroxylation is 1. The fourth-order valence-electron chi connectivity index (χ4n) is 1.36. The summed E-state index contributed by atoms with van der Waals surface area (Å²) in [4.78, 5) is 7.88. The zero-order chi connectivity index (χ0) is 13.1. The molecule has 0 bridgehead atoms. The van der Waals surface area contributed by atoms with E-state index in [9.17, 15) is 0 Å². The van der Waals surface area contributed by atoms with Gasteiger partial charge in [0.15, 0.2) is 0 Å². The van der Waals surface area contributed by atoms with E-state index in [0.717, 1.165) is 5.56 Å². The highest BCUT2D eigenvalue weighted by Crippen LogP contribution is 2.23. The Balaban J connectivity index is 2.13. The minimum absolute atomic E-state index is 0.118. The van der Waals surface area contributed by atoms with Crippen molar-refractivity contribution in [2.45, 2.75) is 13.5 Å². The van der Waals surface area contributed by atoms with Crippen molar-refractivity contribution in [2.24, 2.45) is 0 Å². The van der Waals surface area contributed by atoms with Crippen LogP contribution in [-0.2, 0) is 6.61 Å². The van der Waals surface area contributed by atoms with Crippen LogP contribution in [0.5, 0.6) is 5.88 Å². The Morgan fingerprint density at radius 3 is 2.50 bits per heavy atom. The molecule has 0 spiro atoms. The van der Waals surface area contributed by atoms with E-state index in [2.05, 4.69) is 9.97 Å². The number of aromatic nitrogens is 2. The maximum atomic E-state index is 5.81. The molecule has 1 aromatic carbocycles. The molecule has 94 valence electrons. The third kappa shape index (κ3) is 3.03. The van der Waals surface area contributed by atoms with Crippen molar-refractivity contribution in [1.82, 2.24) is 9.97 Å². The standard InChI is InChI=1S/C12H11Cl2N3O/c1-7-10(15)11(17-12(14)16-7)18-6-8-2-4-9(13)5-3-8/h2-5H,6,15H2,1H3. The smallest absolute Gasteiger partial charge is 0.242 e. The Bertz CT molecular complexity index is 558. The Kier molecular flexibility index (Phi) is 3.89. The largest absolute Gasteiger partial charge is 0.471 e. The number of hydrogen-bond donors (Lipinski definition) is 1. The molecule has 0 aliphatic rings. The molecule has 4 nitrogen and oxygen atoms in total. The van der Waals surface area contributed by atoms with Crippen LogP contribution in [0.1, 0.15) is 11.3 Å². The van der Waals surface area contributed by atoms with Crippen LogP contribution in [0.25, 0.3) is 0 Å². The minimum atomic E-state index is 0.118. The molecular formula is C12H11Cl2N3O. The lowest BCUT2D eigenvalue weighted by Crippen LogP contribution is -2.04. The van der Waals surface area contributed by atoms with Crippen molar-refractivity contribution in [3.63, 3.8) is 0 Å². The lowest BCUT2D eigenvalue weighted by molar-refractivity contribution is 0.295. The maximum Gasteiger partial charge on any atom is 0.242 e. The number of nitrogens with zero attached hydrogens (tertiary/aromatic N) is 2. The average Bonchev–Trinajstić information content (AvgIpc) is 2.34. The van der Waals surface area contributed by atoms with E-state index in [1.54, 1.807) is 19.1 Å². The van der Waals surface area contributed by atoms with Crippen LogP contribution in [0.15, 0.2) is 24.3 Å². The fourth-order valence-corrected chi connectivity index (χ4v) is 1.69. The zero-order valence-corrected chi connectivity index (χ0v) is 11.2. The number of rotatable bonds is 3. The molecule has 0 atom stereocenters. The second-order valence-corrected chi connectivity index (χ2v) is 4.49. The van der Waals surface area contributed by atoms with Gasteiger partial charge in [0.25, 0.3) is 0 Å². The predicted octanol–water partition coefficient (Wildman–Crippen LogP) is 3.25. The highest BCUT2D eigenvalue weighted by atomic mass is 35.5. The van der Waals surface area contributed by atoms with Crippen molar-refractivity contribution in [3.8, 4) is 5.88 Å². The van der Waals surface area contributed by atoms with E-state index in [4.69, 9.17) is 33.7 Å². The first-order valence-corrected chi connectivity index (χ1v) is 5.98. The molecule has 2 N–H and O–H groups in total. The molecule has 1 heterocycles. The fraction of sp³-hybridized carbons (Fsp3) is 0.167. The summed E-state index contributed by atoms with van der Waals surface area (Å²) < 4.78 is 5.52. The Morgan fingerprint density at radius 2 is 1.83 bits per heavy atom. The topological polar surface area (TPSA) is 61.0 Å². The molecule has 0 saturated carbocycles. The highest BCUT2D eigenvalue weighted by Gasteiger charge is 2.09. The average molecular weight is 284 g/mol. The van der Waals surface area contributed by atoms with E-state index >= 15 is 0 Å². The summed E-state index contributed by atoms with van der Waals surface area (Å²) in [5.41, 5.74) is 7.77. The van der Waals surface area contributed by atoms with Crippen molar-refractivity contribution in [1.29, 1.82) is 0 Å². The first kappa shape index (κ1) is 12.9. The Hall–Kier alpha value is -1.52. The van der Waals surface area contributed by atoms with Crippen LogP contribution in [-0.4, -0.2) is 9.97 Å². The molecule has 0 aliphatic carbocycles. The first-order valence-electron chi connectivity index (χ1n) is 5.23. The molecule has 0 radical (unpaired) electrons. The summed E-state index contributed by atoms with van der Waals surface area (Å²) in [6, 6.07) is 7.33. The van der Waals surface area contributed by atoms with Gasteiger partial charge in [0.05, 0.1) is 5.69 Å². The number of hydrogen-bond acceptors (Lipinski definition) is 4. The van der Waals surface area contributed by atoms with E-state index in [0.29, 0.717) is 28.9 Å². The van der Waals surface area contributed by atoms with E-state index < -0.39 is 0 Å². The summed E-state index contributed by atoms with van der Waals surface area (Å²) in [6.45, 7) is 2.09. The predicted molar refractivity (Wildman–Crippen MR) is 72.0 cm³/mol. The molecule has 1 aromatic heterocycles. The van der Waals surface area contributed by atoms with Crippen LogP contribution in [0.2, 0.25) is 10.3 Å². The summed E-state index contributed by atoms with van der Waals surface area (Å²) in [5.74, 6) is 0.294. The van der Waals surface area contributed by atoms with Gasteiger partial charge in [-0.3, -0.25) is 0 Å². The van der Waals surface area contributed by atoms with Gasteiger partial charge in [-0.1, -0.05) is 23.7 Å². The Morgan fingerprint density at radius 1 is 1.17 bits per heavy atom. The minimum Gasteiger partial charge on any atom is -0.471 e. The van der Waals surface area contributed by atoms with Crippen molar-refractivity contribution < 1.29 is 4.74 Å². The third-order valence-electron chi connectivity index (χ3n) is 2.36. The number of nitrogen functional groups attached to an aromatic ring is 1. The van der Waals surface area contributed by atoms with Crippen molar-refractivity contribution in [2.75, 3.05) is 5.73 Å². The molecule has 0 aliphatic heterocycles. The van der Waals surface area contributed by atoms with Gasteiger partial charge in [-0.15, -0.1) is 0 Å². The lowest BCUT2D eigenvalue weighted by Gasteiger charge is -2.09. The van der Waals surface area contributed by atoms with E-state index in [1.165, 1.54) is 0 Å². The second-order valence-electron chi connectivity index (χ2n) is 3.71. The SMILES string of the molecule is Cc1nc(Cl)nc(OCc2ccc(Cl)cc2)c1N. The van der Waals surface area contributed by atoms with Crippen molar-refractivity contribution in [3.05, 3.63) is 45.8 Å². The van der Waals surface area contributed by atoms with Gasteiger partial charge >= 0.3 is 0 Å². The van der Waals surface area contributed by atoms with Crippen LogP contribution in [0.3, 0.4) is 0 Å². The Labute approximate surface area is 115 Å². The monoisotopic (exact) mass is 283 g/mol. The molecule has 0 unspecified atom stereocenters. The molecule has 18 heavy (non-hydrogen) atoms. The summed E-state index contributed by atoms with van der Waals surface area (Å²) in [5, 5.41) is 0.798. The zero-order valence-electron chi connectivity index (χ0n) is 9.65. The number of nitrogens with two attached hydrogens (primary N) is 1. The summed E-state index contributed by atoms with van der Waals surface area (Å²) in [7, 11) is 0. The van der Waals surface area contributed by atoms with Gasteiger partial charge in [0, 0.05) is 5.02 Å². The maximum absolute atomic E-state index is 5.81. The van der Waals surface area contributed by atoms with Crippen LogP contribution in [0.4, 0.5) is 5.69 Å².